The molecule has 0 N–H and O–H groups in total. The highest BCUT2D eigenvalue weighted by Gasteiger charge is 2.30. The van der Waals surface area contributed by atoms with Crippen molar-refractivity contribution in [2.24, 2.45) is 0 Å². The molecule has 0 spiro atoms. The molecule has 0 aliphatic heterocycles. The van der Waals surface area contributed by atoms with E-state index in [1.54, 1.807) is 0 Å². The van der Waals surface area contributed by atoms with Gasteiger partial charge in [-0.1, -0.05) is 57.8 Å². The molecule has 1 aromatic heterocycles. The van der Waals surface area contributed by atoms with E-state index in [0.717, 1.165) is 17.8 Å². The lowest BCUT2D eigenvalue weighted by atomic mass is 9.74. The zero-order chi connectivity index (χ0) is 15.5. The van der Waals surface area contributed by atoms with E-state index >= 15 is 0 Å². The number of thiophene rings is 1. The molecule has 0 atom stereocenters. The van der Waals surface area contributed by atoms with Gasteiger partial charge < -0.3 is 0 Å². The molecular weight excluding hydrogens is 296 g/mol. The zero-order valence-corrected chi connectivity index (χ0v) is 15.6. The minimum absolute atomic E-state index is 0.911. The van der Waals surface area contributed by atoms with E-state index in [0.29, 0.717) is 0 Å². The Bertz CT molecular complexity index is 447. The van der Waals surface area contributed by atoms with Gasteiger partial charge in [0.15, 0.2) is 0 Å². The summed E-state index contributed by atoms with van der Waals surface area (Å²) in [4.78, 5) is 1.86. The molecule has 1 heteroatoms. The van der Waals surface area contributed by atoms with Gasteiger partial charge >= 0.3 is 0 Å². The summed E-state index contributed by atoms with van der Waals surface area (Å²) in [6, 6.07) is 0. The molecule has 0 amide bonds. The molecule has 23 heavy (non-hydrogen) atoms. The van der Waals surface area contributed by atoms with Gasteiger partial charge in [0, 0.05) is 4.88 Å². The second-order valence-corrected chi connectivity index (χ2v) is 9.39. The summed E-state index contributed by atoms with van der Waals surface area (Å²) in [5, 5.41) is 2.63. The molecule has 3 aliphatic carbocycles. The van der Waals surface area contributed by atoms with Crippen molar-refractivity contribution >= 4 is 11.3 Å². The maximum absolute atomic E-state index is 2.63. The van der Waals surface area contributed by atoms with Gasteiger partial charge in [-0.25, -0.2) is 0 Å². The Kier molecular flexibility index (Phi) is 5.43. The quantitative estimate of drug-likeness (QED) is 0.528. The van der Waals surface area contributed by atoms with Crippen molar-refractivity contribution in [3.05, 3.63) is 21.4 Å². The van der Waals surface area contributed by atoms with Crippen LogP contribution < -0.4 is 0 Å². The topological polar surface area (TPSA) is 0 Å². The van der Waals surface area contributed by atoms with Gasteiger partial charge in [-0.3, -0.25) is 0 Å². The Morgan fingerprint density at radius 2 is 1.04 bits per heavy atom. The predicted octanol–water partition coefficient (Wildman–Crippen LogP) is 7.89. The lowest BCUT2D eigenvalue weighted by Crippen LogP contribution is -2.14. The highest BCUT2D eigenvalue weighted by atomic mass is 32.1. The molecule has 128 valence electrons. The monoisotopic (exact) mass is 330 g/mol. The summed E-state index contributed by atoms with van der Waals surface area (Å²) in [5.41, 5.74) is 3.75. The molecular formula is C22H34S. The smallest absolute Gasteiger partial charge is 0.0114 e. The van der Waals surface area contributed by atoms with Crippen LogP contribution in [0.2, 0.25) is 0 Å². The molecule has 0 saturated heterocycles. The molecule has 0 bridgehead atoms. The lowest BCUT2D eigenvalue weighted by Gasteiger charge is -2.30. The molecule has 3 fully saturated rings. The average Bonchev–Trinajstić information content (AvgIpc) is 3.09. The maximum atomic E-state index is 2.63. The first kappa shape index (κ1) is 16.2. The van der Waals surface area contributed by atoms with E-state index in [1.807, 2.05) is 16.0 Å². The summed E-state index contributed by atoms with van der Waals surface area (Å²) in [7, 11) is 0. The Balaban J connectivity index is 1.65. The first-order valence-electron chi connectivity index (χ1n) is 10.5. The molecule has 0 unspecified atom stereocenters. The fourth-order valence-electron chi connectivity index (χ4n) is 5.63. The first-order valence-corrected chi connectivity index (χ1v) is 11.4. The van der Waals surface area contributed by atoms with Gasteiger partial charge in [-0.2, -0.15) is 0 Å². The number of rotatable bonds is 3. The van der Waals surface area contributed by atoms with Gasteiger partial charge in [0.1, 0.15) is 0 Å². The fraction of sp³-hybridized carbons (Fsp3) is 0.818. The van der Waals surface area contributed by atoms with Gasteiger partial charge in [0.2, 0.25) is 0 Å². The maximum Gasteiger partial charge on any atom is 0.0114 e. The minimum atomic E-state index is 0.911. The fourth-order valence-corrected chi connectivity index (χ4v) is 7.05. The van der Waals surface area contributed by atoms with Crippen molar-refractivity contribution in [2.45, 2.75) is 114 Å². The largest absolute Gasteiger partial charge is 0.148 e. The van der Waals surface area contributed by atoms with E-state index < -0.39 is 0 Å². The van der Waals surface area contributed by atoms with Crippen molar-refractivity contribution in [3.8, 4) is 0 Å². The highest BCUT2D eigenvalue weighted by Crippen LogP contribution is 2.49. The third-order valence-corrected chi connectivity index (χ3v) is 8.10. The van der Waals surface area contributed by atoms with Crippen LogP contribution in [-0.4, -0.2) is 0 Å². The van der Waals surface area contributed by atoms with Crippen LogP contribution in [0.25, 0.3) is 0 Å². The van der Waals surface area contributed by atoms with Crippen molar-refractivity contribution in [1.29, 1.82) is 0 Å². The Labute approximate surface area is 147 Å². The lowest BCUT2D eigenvalue weighted by molar-refractivity contribution is 0.409. The van der Waals surface area contributed by atoms with Crippen LogP contribution >= 0.6 is 11.3 Å². The van der Waals surface area contributed by atoms with Crippen molar-refractivity contribution in [2.75, 3.05) is 0 Å². The van der Waals surface area contributed by atoms with Crippen LogP contribution in [0.15, 0.2) is 5.38 Å². The highest BCUT2D eigenvalue weighted by molar-refractivity contribution is 7.10. The summed E-state index contributed by atoms with van der Waals surface area (Å²) >= 11 is 2.17. The van der Waals surface area contributed by atoms with Crippen LogP contribution in [0.1, 0.15) is 130 Å². The number of hydrogen-bond donors (Lipinski definition) is 0. The second-order valence-electron chi connectivity index (χ2n) is 8.47. The van der Waals surface area contributed by atoms with Crippen LogP contribution in [-0.2, 0) is 0 Å². The Morgan fingerprint density at radius 1 is 0.565 bits per heavy atom. The van der Waals surface area contributed by atoms with E-state index in [9.17, 15) is 0 Å². The summed E-state index contributed by atoms with van der Waals surface area (Å²) in [6.07, 6.45) is 22.2. The molecule has 3 aliphatic rings. The molecule has 0 radical (unpaired) electrons. The molecule has 4 rings (SSSR count). The predicted molar refractivity (Wildman–Crippen MR) is 102 cm³/mol. The molecule has 1 heterocycles. The van der Waals surface area contributed by atoms with Crippen molar-refractivity contribution in [3.63, 3.8) is 0 Å². The molecule has 1 aromatic rings. The Morgan fingerprint density at radius 3 is 1.61 bits per heavy atom. The van der Waals surface area contributed by atoms with E-state index in [4.69, 9.17) is 0 Å². The van der Waals surface area contributed by atoms with Crippen molar-refractivity contribution < 1.29 is 0 Å². The third kappa shape index (κ3) is 3.55. The molecule has 3 saturated carbocycles. The molecule has 0 nitrogen and oxygen atoms in total. The SMILES string of the molecule is c1sc(C2CCCCC2)c(C2CCCCC2)c1C1CCCCC1. The standard InChI is InChI=1S/C22H34S/c1-4-10-17(11-5-1)20-16-23-22(19-14-8-3-9-15-19)21(20)18-12-6-2-7-13-18/h16-19H,1-15H2. The average molecular weight is 331 g/mol. The second kappa shape index (κ2) is 7.72. The molecule has 0 aromatic carbocycles. The third-order valence-electron chi connectivity index (χ3n) is 6.92. The normalized spacial score (nSPS) is 25.7. The van der Waals surface area contributed by atoms with E-state index in [-0.39, 0.29) is 0 Å². The van der Waals surface area contributed by atoms with Gasteiger partial charge in [0.25, 0.3) is 0 Å². The van der Waals surface area contributed by atoms with Gasteiger partial charge in [0.05, 0.1) is 0 Å². The minimum Gasteiger partial charge on any atom is -0.148 e. The van der Waals surface area contributed by atoms with Crippen LogP contribution in [0, 0.1) is 0 Å². The van der Waals surface area contributed by atoms with Crippen LogP contribution in [0.4, 0.5) is 0 Å². The zero-order valence-electron chi connectivity index (χ0n) is 14.8. The summed E-state index contributed by atoms with van der Waals surface area (Å²) in [6.45, 7) is 0. The Hall–Kier alpha value is -0.300. The van der Waals surface area contributed by atoms with Crippen LogP contribution in [0.5, 0.6) is 0 Å². The van der Waals surface area contributed by atoms with Crippen LogP contribution in [0.3, 0.4) is 0 Å². The van der Waals surface area contributed by atoms with Gasteiger partial charge in [-0.05, 0) is 72.8 Å². The van der Waals surface area contributed by atoms with Crippen molar-refractivity contribution in [1.82, 2.24) is 0 Å². The van der Waals surface area contributed by atoms with E-state index in [2.05, 4.69) is 16.7 Å². The van der Waals surface area contributed by atoms with Gasteiger partial charge in [-0.15, -0.1) is 11.3 Å². The summed E-state index contributed by atoms with van der Waals surface area (Å²) in [5.74, 6) is 2.75. The number of hydrogen-bond acceptors (Lipinski definition) is 1. The van der Waals surface area contributed by atoms with E-state index in [1.165, 1.54) is 96.3 Å². The first-order chi connectivity index (χ1) is 11.4. The summed E-state index contributed by atoms with van der Waals surface area (Å²) < 4.78 is 0.